The average molecular weight is 317 g/mol. The molecule has 106 valence electrons. The van der Waals surface area contributed by atoms with Crippen molar-refractivity contribution in [2.45, 2.75) is 13.0 Å². The fraction of sp³-hybridized carbons (Fsp3) is 0.125. The fourth-order valence-corrected chi connectivity index (χ4v) is 3.16. The van der Waals surface area contributed by atoms with Gasteiger partial charge in [-0.25, -0.2) is 4.98 Å². The number of hydrogen-bond acceptors (Lipinski definition) is 3. The Hall–Kier alpha value is -1.91. The van der Waals surface area contributed by atoms with Crippen LogP contribution in [0.25, 0.3) is 10.9 Å². The molecule has 1 N–H and O–H groups in total. The van der Waals surface area contributed by atoms with Gasteiger partial charge >= 0.3 is 0 Å². The molecule has 3 rings (SSSR count). The van der Waals surface area contributed by atoms with Gasteiger partial charge in [-0.1, -0.05) is 29.8 Å². The molecular formula is C16H13ClN2OS. The Morgan fingerprint density at radius 2 is 2.14 bits per heavy atom. The molecule has 0 saturated heterocycles. The van der Waals surface area contributed by atoms with Gasteiger partial charge in [0.1, 0.15) is 5.15 Å². The minimum absolute atomic E-state index is 0.0468. The van der Waals surface area contributed by atoms with E-state index >= 15 is 0 Å². The number of thiophene rings is 1. The first-order valence-corrected chi connectivity index (χ1v) is 7.85. The lowest BCUT2D eigenvalue weighted by molar-refractivity contribution is 0.0941. The highest BCUT2D eigenvalue weighted by molar-refractivity contribution is 7.07. The maximum Gasteiger partial charge on any atom is 0.252 e. The van der Waals surface area contributed by atoms with E-state index in [4.69, 9.17) is 11.6 Å². The predicted octanol–water partition coefficient (Wildman–Crippen LogP) is 4.44. The zero-order valence-electron chi connectivity index (χ0n) is 11.3. The molecule has 1 amide bonds. The molecule has 0 saturated carbocycles. The molecule has 1 unspecified atom stereocenters. The molecule has 2 heterocycles. The van der Waals surface area contributed by atoms with Gasteiger partial charge < -0.3 is 5.32 Å². The summed E-state index contributed by atoms with van der Waals surface area (Å²) in [5.41, 5.74) is 2.36. The molecule has 0 radical (unpaired) electrons. The number of rotatable bonds is 3. The smallest absolute Gasteiger partial charge is 0.252 e. The number of carbonyl (C=O) groups excluding carboxylic acids is 1. The molecule has 3 aromatic rings. The molecule has 0 fully saturated rings. The topological polar surface area (TPSA) is 42.0 Å². The van der Waals surface area contributed by atoms with Gasteiger partial charge in [-0.2, -0.15) is 11.3 Å². The summed E-state index contributed by atoms with van der Waals surface area (Å²) < 4.78 is 0. The molecule has 0 aliphatic carbocycles. The highest BCUT2D eigenvalue weighted by atomic mass is 35.5. The van der Waals surface area contributed by atoms with Crippen molar-refractivity contribution in [3.63, 3.8) is 0 Å². The van der Waals surface area contributed by atoms with Gasteiger partial charge in [0, 0.05) is 5.39 Å². The summed E-state index contributed by atoms with van der Waals surface area (Å²) in [7, 11) is 0. The van der Waals surface area contributed by atoms with E-state index in [1.807, 2.05) is 48.0 Å². The molecule has 21 heavy (non-hydrogen) atoms. The zero-order valence-corrected chi connectivity index (χ0v) is 12.9. The number of amides is 1. The van der Waals surface area contributed by atoms with Crippen LogP contribution in [0.4, 0.5) is 0 Å². The first kappa shape index (κ1) is 14.0. The third kappa shape index (κ3) is 2.91. The highest BCUT2D eigenvalue weighted by Crippen LogP contribution is 2.22. The third-order valence-corrected chi connectivity index (χ3v) is 4.22. The van der Waals surface area contributed by atoms with Gasteiger partial charge in [-0.3, -0.25) is 4.79 Å². The maximum atomic E-state index is 12.5. The Bertz CT molecular complexity index is 786. The molecule has 1 atom stereocenters. The van der Waals surface area contributed by atoms with Gasteiger partial charge in [-0.15, -0.1) is 0 Å². The Morgan fingerprint density at radius 1 is 1.33 bits per heavy atom. The number of aromatic nitrogens is 1. The van der Waals surface area contributed by atoms with Crippen molar-refractivity contribution < 1.29 is 4.79 Å². The van der Waals surface area contributed by atoms with Gasteiger partial charge in [0.25, 0.3) is 5.91 Å². The van der Waals surface area contributed by atoms with Crippen LogP contribution in [0.5, 0.6) is 0 Å². The number of benzene rings is 1. The Kier molecular flexibility index (Phi) is 3.90. The van der Waals surface area contributed by atoms with Crippen LogP contribution in [0.15, 0.2) is 47.2 Å². The second-order valence-corrected chi connectivity index (χ2v) is 5.93. The summed E-state index contributed by atoms with van der Waals surface area (Å²) in [5, 5.41) is 8.15. The standard InChI is InChI=1S/C16H13ClN2OS/c1-10(11-6-7-21-9-11)18-16(20)13-8-15(17)19-14-5-3-2-4-12(13)14/h2-10H,1H3,(H,18,20). The Labute approximate surface area is 131 Å². The van der Waals surface area contributed by atoms with Crippen molar-refractivity contribution >= 4 is 39.7 Å². The second kappa shape index (κ2) is 5.84. The second-order valence-electron chi connectivity index (χ2n) is 4.76. The Balaban J connectivity index is 1.94. The molecule has 0 spiro atoms. The number of pyridine rings is 1. The number of nitrogens with one attached hydrogen (secondary N) is 1. The quantitative estimate of drug-likeness (QED) is 0.726. The van der Waals surface area contributed by atoms with Gasteiger partial charge in [-0.05, 0) is 41.4 Å². The van der Waals surface area contributed by atoms with Crippen molar-refractivity contribution in [2.75, 3.05) is 0 Å². The van der Waals surface area contributed by atoms with Crippen molar-refractivity contribution in [2.24, 2.45) is 0 Å². The largest absolute Gasteiger partial charge is 0.345 e. The molecule has 0 aliphatic rings. The number of para-hydroxylation sites is 1. The molecule has 0 aliphatic heterocycles. The van der Waals surface area contributed by atoms with Gasteiger partial charge in [0.05, 0.1) is 17.1 Å². The Morgan fingerprint density at radius 3 is 2.90 bits per heavy atom. The van der Waals surface area contributed by atoms with E-state index in [2.05, 4.69) is 10.3 Å². The van der Waals surface area contributed by atoms with E-state index in [-0.39, 0.29) is 11.9 Å². The maximum absolute atomic E-state index is 12.5. The fourth-order valence-electron chi connectivity index (χ4n) is 2.21. The molecule has 5 heteroatoms. The molecule has 3 nitrogen and oxygen atoms in total. The molecule has 2 aromatic heterocycles. The molecule has 1 aromatic carbocycles. The first-order chi connectivity index (χ1) is 10.1. The minimum Gasteiger partial charge on any atom is -0.345 e. The van der Waals surface area contributed by atoms with Crippen molar-refractivity contribution in [3.05, 3.63) is 63.4 Å². The van der Waals surface area contributed by atoms with Crippen LogP contribution in [-0.2, 0) is 0 Å². The summed E-state index contributed by atoms with van der Waals surface area (Å²) >= 11 is 7.63. The number of hydrogen-bond donors (Lipinski definition) is 1. The highest BCUT2D eigenvalue weighted by Gasteiger charge is 2.15. The van der Waals surface area contributed by atoms with E-state index in [9.17, 15) is 4.79 Å². The van der Waals surface area contributed by atoms with Crippen molar-refractivity contribution in [3.8, 4) is 0 Å². The summed E-state index contributed by atoms with van der Waals surface area (Å²) in [6, 6.07) is 11.1. The van der Waals surface area contributed by atoms with Crippen LogP contribution in [0, 0.1) is 0 Å². The van der Waals surface area contributed by atoms with E-state index in [0.29, 0.717) is 10.7 Å². The SMILES string of the molecule is CC(NC(=O)c1cc(Cl)nc2ccccc12)c1ccsc1. The summed E-state index contributed by atoms with van der Waals surface area (Å²) in [4.78, 5) is 16.8. The summed E-state index contributed by atoms with van der Waals surface area (Å²) in [6.07, 6.45) is 0. The van der Waals surface area contributed by atoms with Crippen LogP contribution < -0.4 is 5.32 Å². The van der Waals surface area contributed by atoms with Crippen LogP contribution in [-0.4, -0.2) is 10.9 Å². The number of nitrogens with zero attached hydrogens (tertiary/aromatic N) is 1. The van der Waals surface area contributed by atoms with E-state index in [0.717, 1.165) is 16.5 Å². The molecule has 0 bridgehead atoms. The number of fused-ring (bicyclic) bond motifs is 1. The molecular weight excluding hydrogens is 304 g/mol. The van der Waals surface area contributed by atoms with Gasteiger partial charge in [0.2, 0.25) is 0 Å². The van der Waals surface area contributed by atoms with Crippen LogP contribution in [0.3, 0.4) is 0 Å². The summed E-state index contributed by atoms with van der Waals surface area (Å²) in [5.74, 6) is -0.144. The average Bonchev–Trinajstić information content (AvgIpc) is 3.00. The third-order valence-electron chi connectivity index (χ3n) is 3.32. The van der Waals surface area contributed by atoms with Gasteiger partial charge in [0.15, 0.2) is 0 Å². The van der Waals surface area contributed by atoms with Crippen LogP contribution in [0.2, 0.25) is 5.15 Å². The predicted molar refractivity (Wildman–Crippen MR) is 87.0 cm³/mol. The lowest BCUT2D eigenvalue weighted by Crippen LogP contribution is -2.26. The lowest BCUT2D eigenvalue weighted by Gasteiger charge is -2.14. The zero-order chi connectivity index (χ0) is 14.8. The van der Waals surface area contributed by atoms with E-state index in [1.165, 1.54) is 0 Å². The number of halogens is 1. The van der Waals surface area contributed by atoms with Crippen LogP contribution in [0.1, 0.15) is 28.9 Å². The number of carbonyl (C=O) groups is 1. The van der Waals surface area contributed by atoms with Crippen LogP contribution >= 0.6 is 22.9 Å². The monoisotopic (exact) mass is 316 g/mol. The van der Waals surface area contributed by atoms with Crippen molar-refractivity contribution in [1.29, 1.82) is 0 Å². The van der Waals surface area contributed by atoms with E-state index in [1.54, 1.807) is 17.4 Å². The normalized spacial score (nSPS) is 12.3. The van der Waals surface area contributed by atoms with E-state index < -0.39 is 0 Å². The lowest BCUT2D eigenvalue weighted by atomic mass is 10.1. The first-order valence-electron chi connectivity index (χ1n) is 6.53. The summed E-state index contributed by atoms with van der Waals surface area (Å²) in [6.45, 7) is 1.96. The minimum atomic E-state index is -0.144. The van der Waals surface area contributed by atoms with Crippen molar-refractivity contribution in [1.82, 2.24) is 10.3 Å².